The summed E-state index contributed by atoms with van der Waals surface area (Å²) in [4.78, 5) is 31.0. The average molecular weight is 498 g/mol. The van der Waals surface area contributed by atoms with E-state index >= 15 is 0 Å². The van der Waals surface area contributed by atoms with Crippen molar-refractivity contribution in [1.29, 1.82) is 0 Å². The quantitative estimate of drug-likeness (QED) is 0.431. The second-order valence-electron chi connectivity index (χ2n) is 7.05. The number of carbonyl (C=O) groups excluding carboxylic acids is 1. The zero-order valence-corrected chi connectivity index (χ0v) is 19.2. The van der Waals surface area contributed by atoms with E-state index in [9.17, 15) is 9.59 Å². The number of aryl methyl sites for hydroxylation is 1. The van der Waals surface area contributed by atoms with Gasteiger partial charge in [0.05, 0.1) is 24.7 Å². The Labute approximate surface area is 191 Å². The fourth-order valence-electron chi connectivity index (χ4n) is 3.12. The molecule has 0 atom stereocenters. The van der Waals surface area contributed by atoms with Crippen molar-refractivity contribution in [2.45, 2.75) is 13.5 Å². The second-order valence-corrected chi connectivity index (χ2v) is 7.90. The standard InChI is InChI=1S/C22H20BrN5O4/c1-13-25-19-6-4-15(9-20(19)32-13)27(2)22(30)12-28-21(29)8-14(11-24-28)26-18-7-5-16(31-3)10-17(18)23/h4-11,26H,12H2,1-3H3. The molecule has 1 amide bonds. The number of halogens is 1. The fourth-order valence-corrected chi connectivity index (χ4v) is 3.57. The van der Waals surface area contributed by atoms with E-state index in [-0.39, 0.29) is 12.5 Å². The zero-order chi connectivity index (χ0) is 22.8. The van der Waals surface area contributed by atoms with Crippen molar-refractivity contribution in [2.24, 2.45) is 0 Å². The lowest BCUT2D eigenvalue weighted by atomic mass is 10.2. The fraction of sp³-hybridized carbons (Fsp3) is 0.182. The molecule has 1 N–H and O–H groups in total. The molecule has 9 nitrogen and oxygen atoms in total. The molecule has 0 bridgehead atoms. The van der Waals surface area contributed by atoms with Crippen LogP contribution in [0.4, 0.5) is 17.1 Å². The number of anilines is 3. The van der Waals surface area contributed by atoms with Crippen molar-refractivity contribution in [3.05, 3.63) is 69.4 Å². The van der Waals surface area contributed by atoms with Gasteiger partial charge >= 0.3 is 0 Å². The van der Waals surface area contributed by atoms with Crippen LogP contribution in [0.15, 0.2) is 62.3 Å². The van der Waals surface area contributed by atoms with Crippen LogP contribution in [0.2, 0.25) is 0 Å². The topological polar surface area (TPSA) is 102 Å². The van der Waals surface area contributed by atoms with Gasteiger partial charge in [0.1, 0.15) is 17.8 Å². The van der Waals surface area contributed by atoms with E-state index < -0.39 is 5.56 Å². The number of likely N-dealkylation sites (N-methyl/N-ethyl adjacent to an activating group) is 1. The van der Waals surface area contributed by atoms with Gasteiger partial charge in [0.25, 0.3) is 5.56 Å². The zero-order valence-electron chi connectivity index (χ0n) is 17.6. The van der Waals surface area contributed by atoms with Crippen molar-refractivity contribution in [2.75, 3.05) is 24.4 Å². The Morgan fingerprint density at radius 3 is 2.78 bits per heavy atom. The first-order valence-electron chi connectivity index (χ1n) is 9.65. The van der Waals surface area contributed by atoms with Gasteiger partial charge in [-0.25, -0.2) is 9.67 Å². The summed E-state index contributed by atoms with van der Waals surface area (Å²) in [5, 5.41) is 7.26. The number of benzene rings is 2. The second kappa shape index (κ2) is 8.83. The highest BCUT2D eigenvalue weighted by atomic mass is 79.9. The van der Waals surface area contributed by atoms with Crippen molar-refractivity contribution < 1.29 is 13.9 Å². The summed E-state index contributed by atoms with van der Waals surface area (Å²) in [6, 6.07) is 12.1. The van der Waals surface area contributed by atoms with Crippen molar-refractivity contribution in [1.82, 2.24) is 14.8 Å². The van der Waals surface area contributed by atoms with E-state index in [1.54, 1.807) is 45.3 Å². The smallest absolute Gasteiger partial charge is 0.269 e. The van der Waals surface area contributed by atoms with E-state index in [0.29, 0.717) is 28.6 Å². The third kappa shape index (κ3) is 4.50. The number of methoxy groups -OCH3 is 1. The molecule has 0 spiro atoms. The summed E-state index contributed by atoms with van der Waals surface area (Å²) in [6.07, 6.45) is 1.49. The van der Waals surface area contributed by atoms with Crippen LogP contribution in [0, 0.1) is 6.92 Å². The van der Waals surface area contributed by atoms with Crippen molar-refractivity contribution in [3.8, 4) is 5.75 Å². The Morgan fingerprint density at radius 2 is 2.06 bits per heavy atom. The summed E-state index contributed by atoms with van der Waals surface area (Å²) >= 11 is 3.46. The maximum Gasteiger partial charge on any atom is 0.269 e. The molecule has 10 heteroatoms. The number of ether oxygens (including phenoxy) is 1. The molecule has 2 aromatic carbocycles. The summed E-state index contributed by atoms with van der Waals surface area (Å²) in [7, 11) is 3.22. The first kappa shape index (κ1) is 21.6. The number of rotatable bonds is 6. The number of amides is 1. The number of fused-ring (bicyclic) bond motifs is 1. The summed E-state index contributed by atoms with van der Waals surface area (Å²) < 4.78 is 12.6. The van der Waals surface area contributed by atoms with Crippen LogP contribution in [-0.4, -0.2) is 34.8 Å². The number of hydrogen-bond acceptors (Lipinski definition) is 7. The number of hydrogen-bond donors (Lipinski definition) is 1. The molecule has 164 valence electrons. The van der Waals surface area contributed by atoms with Gasteiger partial charge in [-0.05, 0) is 46.3 Å². The number of oxazole rings is 1. The molecule has 0 saturated heterocycles. The number of nitrogens with zero attached hydrogens (tertiary/aromatic N) is 4. The molecule has 2 heterocycles. The van der Waals surface area contributed by atoms with E-state index in [4.69, 9.17) is 9.15 Å². The Kier molecular flexibility index (Phi) is 5.95. The lowest BCUT2D eigenvalue weighted by molar-refractivity contribution is -0.119. The molecule has 0 saturated carbocycles. The Hall–Kier alpha value is -3.66. The minimum absolute atomic E-state index is 0.199. The van der Waals surface area contributed by atoms with Crippen LogP contribution in [0.25, 0.3) is 11.1 Å². The highest BCUT2D eigenvalue weighted by Crippen LogP contribution is 2.29. The van der Waals surface area contributed by atoms with Gasteiger partial charge in [0.2, 0.25) is 5.91 Å². The monoisotopic (exact) mass is 497 g/mol. The predicted octanol–water partition coefficient (Wildman–Crippen LogP) is 3.87. The largest absolute Gasteiger partial charge is 0.497 e. The normalized spacial score (nSPS) is 10.9. The van der Waals surface area contributed by atoms with Crippen molar-refractivity contribution in [3.63, 3.8) is 0 Å². The molecule has 32 heavy (non-hydrogen) atoms. The molecule has 4 rings (SSSR count). The first-order chi connectivity index (χ1) is 15.3. The molecule has 2 aromatic heterocycles. The van der Waals surface area contributed by atoms with Gasteiger partial charge in [-0.2, -0.15) is 5.10 Å². The summed E-state index contributed by atoms with van der Waals surface area (Å²) in [5.41, 5.74) is 2.80. The molecular weight excluding hydrogens is 478 g/mol. The third-order valence-corrected chi connectivity index (χ3v) is 5.51. The number of carbonyl (C=O) groups is 1. The van der Waals surface area contributed by atoms with Crippen LogP contribution in [0.3, 0.4) is 0 Å². The highest BCUT2D eigenvalue weighted by molar-refractivity contribution is 9.10. The van der Waals surface area contributed by atoms with E-state index in [1.165, 1.54) is 17.2 Å². The summed E-state index contributed by atoms with van der Waals surface area (Å²) in [6.45, 7) is 1.56. The minimum atomic E-state index is -0.400. The molecule has 0 fully saturated rings. The maximum atomic E-state index is 12.7. The lowest BCUT2D eigenvalue weighted by Gasteiger charge is -2.17. The van der Waals surface area contributed by atoms with E-state index in [2.05, 4.69) is 31.3 Å². The number of aromatic nitrogens is 3. The Balaban J connectivity index is 1.47. The van der Waals surface area contributed by atoms with Crippen LogP contribution >= 0.6 is 15.9 Å². The number of nitrogens with one attached hydrogen (secondary N) is 1. The van der Waals surface area contributed by atoms with Gasteiger partial charge in [0, 0.05) is 36.3 Å². The Bertz CT molecular complexity index is 1360. The molecular formula is C22H20BrN5O4. The Morgan fingerprint density at radius 1 is 1.25 bits per heavy atom. The van der Waals surface area contributed by atoms with Gasteiger partial charge in [-0.15, -0.1) is 0 Å². The van der Waals surface area contributed by atoms with E-state index in [1.807, 2.05) is 12.1 Å². The van der Waals surface area contributed by atoms with Crippen LogP contribution in [0.1, 0.15) is 5.89 Å². The highest BCUT2D eigenvalue weighted by Gasteiger charge is 2.15. The van der Waals surface area contributed by atoms with Gasteiger partial charge in [-0.1, -0.05) is 0 Å². The molecule has 4 aromatic rings. The average Bonchev–Trinajstić information content (AvgIpc) is 3.15. The van der Waals surface area contributed by atoms with Crippen LogP contribution in [-0.2, 0) is 11.3 Å². The lowest BCUT2D eigenvalue weighted by Crippen LogP contribution is -2.34. The van der Waals surface area contributed by atoms with Crippen molar-refractivity contribution >= 4 is 50.0 Å². The molecule has 0 aliphatic carbocycles. The molecule has 0 radical (unpaired) electrons. The SMILES string of the molecule is COc1ccc(Nc2cnn(CC(=O)N(C)c3ccc4nc(C)oc4c3)c(=O)c2)c(Br)c1. The molecule has 0 aliphatic rings. The summed E-state index contributed by atoms with van der Waals surface area (Å²) in [5.74, 6) is 0.960. The van der Waals surface area contributed by atoms with Gasteiger partial charge in [0.15, 0.2) is 11.5 Å². The maximum absolute atomic E-state index is 12.7. The molecule has 0 aliphatic heterocycles. The van der Waals surface area contributed by atoms with Crippen LogP contribution in [0.5, 0.6) is 5.75 Å². The first-order valence-corrected chi connectivity index (χ1v) is 10.4. The van der Waals surface area contributed by atoms with Crippen LogP contribution < -0.4 is 20.5 Å². The molecule has 0 unspecified atom stereocenters. The minimum Gasteiger partial charge on any atom is -0.497 e. The predicted molar refractivity (Wildman–Crippen MR) is 125 cm³/mol. The third-order valence-electron chi connectivity index (χ3n) is 4.85. The van der Waals surface area contributed by atoms with Gasteiger partial charge < -0.3 is 19.4 Å². The van der Waals surface area contributed by atoms with Gasteiger partial charge in [-0.3, -0.25) is 9.59 Å². The van der Waals surface area contributed by atoms with E-state index in [0.717, 1.165) is 20.4 Å².